The monoisotopic (exact) mass is 481 g/mol. The molecule has 0 radical (unpaired) electrons. The SMILES string of the molecule is CC(C)(C)[C@@H](C(=O)N1CC(O)CC1C(=O)NCC1CCCS(=O)(=O)C1)n1cc(C2CC2)nn1. The van der Waals surface area contributed by atoms with Crippen LogP contribution in [0.4, 0.5) is 0 Å². The molecule has 4 rings (SSSR count). The number of amides is 2. The first-order chi connectivity index (χ1) is 15.4. The van der Waals surface area contributed by atoms with E-state index in [4.69, 9.17) is 0 Å². The lowest BCUT2D eigenvalue weighted by molar-refractivity contribution is -0.144. The van der Waals surface area contributed by atoms with Crippen LogP contribution in [0.3, 0.4) is 0 Å². The molecule has 2 saturated heterocycles. The van der Waals surface area contributed by atoms with Crippen molar-refractivity contribution < 1.29 is 23.1 Å². The zero-order valence-electron chi connectivity index (χ0n) is 19.6. The van der Waals surface area contributed by atoms with Gasteiger partial charge in [-0.2, -0.15) is 0 Å². The lowest BCUT2D eigenvalue weighted by Crippen LogP contribution is -2.51. The van der Waals surface area contributed by atoms with Crippen LogP contribution < -0.4 is 5.32 Å². The summed E-state index contributed by atoms with van der Waals surface area (Å²) in [7, 11) is -3.06. The molecule has 3 unspecified atom stereocenters. The largest absolute Gasteiger partial charge is 0.391 e. The highest BCUT2D eigenvalue weighted by atomic mass is 32.2. The maximum absolute atomic E-state index is 13.7. The number of β-amino-alcohol motifs (C(OH)–C–C–N with tert-alkyl or cyclic N) is 1. The Morgan fingerprint density at radius 2 is 2.00 bits per heavy atom. The van der Waals surface area contributed by atoms with Gasteiger partial charge in [-0.1, -0.05) is 26.0 Å². The van der Waals surface area contributed by atoms with Crippen LogP contribution >= 0.6 is 0 Å². The summed E-state index contributed by atoms with van der Waals surface area (Å²) < 4.78 is 25.4. The Morgan fingerprint density at radius 1 is 1.27 bits per heavy atom. The first kappa shape index (κ1) is 24.1. The van der Waals surface area contributed by atoms with Crippen LogP contribution in [0.25, 0.3) is 0 Å². The smallest absolute Gasteiger partial charge is 0.248 e. The molecular formula is C22H35N5O5S. The predicted molar refractivity (Wildman–Crippen MR) is 121 cm³/mol. The molecule has 3 fully saturated rings. The molecule has 3 heterocycles. The van der Waals surface area contributed by atoms with Gasteiger partial charge in [0.05, 0.1) is 23.3 Å². The lowest BCUT2D eigenvalue weighted by Gasteiger charge is -2.34. The van der Waals surface area contributed by atoms with Gasteiger partial charge in [-0.15, -0.1) is 5.10 Å². The van der Waals surface area contributed by atoms with E-state index in [9.17, 15) is 23.1 Å². The van der Waals surface area contributed by atoms with Crippen LogP contribution in [-0.4, -0.2) is 82.0 Å². The van der Waals surface area contributed by atoms with Gasteiger partial charge in [0, 0.05) is 31.6 Å². The predicted octanol–water partition coefficient (Wildman–Crippen LogP) is 0.646. The summed E-state index contributed by atoms with van der Waals surface area (Å²) in [6.45, 7) is 6.16. The van der Waals surface area contributed by atoms with Crippen molar-refractivity contribution in [1.82, 2.24) is 25.2 Å². The van der Waals surface area contributed by atoms with Crippen LogP contribution in [0.5, 0.6) is 0 Å². The average Bonchev–Trinajstić information content (AvgIpc) is 3.32. The summed E-state index contributed by atoms with van der Waals surface area (Å²) in [5.74, 6) is -0.0653. The van der Waals surface area contributed by atoms with Gasteiger partial charge < -0.3 is 15.3 Å². The van der Waals surface area contributed by atoms with Crippen LogP contribution in [0.2, 0.25) is 0 Å². The molecule has 4 atom stereocenters. The van der Waals surface area contributed by atoms with E-state index in [0.717, 1.165) is 25.0 Å². The molecular weight excluding hydrogens is 446 g/mol. The highest BCUT2D eigenvalue weighted by molar-refractivity contribution is 7.91. The number of rotatable bonds is 6. The average molecular weight is 482 g/mol. The number of sulfone groups is 1. The molecule has 0 aromatic carbocycles. The number of nitrogens with zero attached hydrogens (tertiary/aromatic N) is 4. The number of carbonyl (C=O) groups is 2. The molecule has 1 aliphatic carbocycles. The van der Waals surface area contributed by atoms with Crippen LogP contribution in [0, 0.1) is 11.3 Å². The summed E-state index contributed by atoms with van der Waals surface area (Å²) in [4.78, 5) is 28.2. The summed E-state index contributed by atoms with van der Waals surface area (Å²) in [5, 5.41) is 21.6. The normalized spacial score (nSPS) is 28.5. The second-order valence-electron chi connectivity index (χ2n) is 10.9. The molecule has 1 aromatic rings. The Hall–Kier alpha value is -2.01. The number of aliphatic hydroxyl groups excluding tert-OH is 1. The number of likely N-dealkylation sites (tertiary alicyclic amines) is 1. The minimum absolute atomic E-state index is 0.0743. The van der Waals surface area contributed by atoms with Crippen molar-refractivity contribution in [3.63, 3.8) is 0 Å². The van der Waals surface area contributed by atoms with Gasteiger partial charge in [0.15, 0.2) is 9.84 Å². The molecule has 3 aliphatic rings. The summed E-state index contributed by atoms with van der Waals surface area (Å²) in [5.41, 5.74) is 0.395. The maximum atomic E-state index is 13.7. The number of hydrogen-bond acceptors (Lipinski definition) is 7. The molecule has 0 spiro atoms. The maximum Gasteiger partial charge on any atom is 0.248 e. The second kappa shape index (κ2) is 8.98. The minimum Gasteiger partial charge on any atom is -0.391 e. The Balaban J connectivity index is 1.47. The second-order valence-corrected chi connectivity index (χ2v) is 13.2. The number of aliphatic hydroxyl groups is 1. The van der Waals surface area contributed by atoms with E-state index in [1.165, 1.54) is 4.90 Å². The van der Waals surface area contributed by atoms with E-state index < -0.39 is 33.4 Å². The third-order valence-corrected chi connectivity index (χ3v) is 8.72. The fourth-order valence-electron chi connectivity index (χ4n) is 4.97. The molecule has 11 heteroatoms. The summed E-state index contributed by atoms with van der Waals surface area (Å²) >= 11 is 0. The molecule has 10 nitrogen and oxygen atoms in total. The molecule has 2 N–H and O–H groups in total. The molecule has 184 valence electrons. The van der Waals surface area contributed by atoms with Crippen LogP contribution in [0.15, 0.2) is 6.20 Å². The topological polar surface area (TPSA) is 134 Å². The van der Waals surface area contributed by atoms with E-state index in [-0.39, 0.29) is 48.7 Å². The molecule has 33 heavy (non-hydrogen) atoms. The van der Waals surface area contributed by atoms with Crippen molar-refractivity contribution >= 4 is 21.7 Å². The lowest BCUT2D eigenvalue weighted by atomic mass is 9.85. The third-order valence-electron chi connectivity index (χ3n) is 6.83. The van der Waals surface area contributed by atoms with Crippen molar-refractivity contribution in [2.24, 2.45) is 11.3 Å². The van der Waals surface area contributed by atoms with Gasteiger partial charge >= 0.3 is 0 Å². The highest BCUT2D eigenvalue weighted by Gasteiger charge is 2.45. The van der Waals surface area contributed by atoms with Crippen LogP contribution in [-0.2, 0) is 19.4 Å². The van der Waals surface area contributed by atoms with Gasteiger partial charge in [-0.05, 0) is 37.0 Å². The Labute approximate surface area is 195 Å². The van der Waals surface area contributed by atoms with Gasteiger partial charge in [0.2, 0.25) is 11.8 Å². The van der Waals surface area contributed by atoms with E-state index in [1.54, 1.807) is 4.68 Å². The Morgan fingerprint density at radius 3 is 2.64 bits per heavy atom. The van der Waals surface area contributed by atoms with Crippen molar-refractivity contribution in [2.45, 2.75) is 77.0 Å². The fraction of sp³-hybridized carbons (Fsp3) is 0.818. The van der Waals surface area contributed by atoms with Gasteiger partial charge in [0.1, 0.15) is 12.1 Å². The number of nitrogens with one attached hydrogen (secondary N) is 1. The van der Waals surface area contributed by atoms with Crippen LogP contribution in [0.1, 0.15) is 70.5 Å². The summed E-state index contributed by atoms with van der Waals surface area (Å²) in [6.07, 6.45) is 4.70. The Bertz CT molecular complexity index is 997. The molecule has 1 saturated carbocycles. The van der Waals surface area contributed by atoms with E-state index in [0.29, 0.717) is 12.3 Å². The first-order valence-electron chi connectivity index (χ1n) is 11.8. The standard InChI is InChI=1S/C22H35N5O5S/c1-22(2,3)19(27-12-17(24-25-27)15-6-7-15)21(30)26-11-16(28)9-18(26)20(29)23-10-14-5-4-8-33(31,32)13-14/h12,14-16,18-19,28H,4-11,13H2,1-3H3,(H,23,29)/t14?,16?,18?,19-/m1/s1. The molecule has 0 bridgehead atoms. The van der Waals surface area contributed by atoms with Gasteiger partial charge in [0.25, 0.3) is 0 Å². The Kier molecular flexibility index (Phi) is 6.56. The molecule has 2 amide bonds. The van der Waals surface area contributed by atoms with Gasteiger partial charge in [-0.3, -0.25) is 9.59 Å². The zero-order chi connectivity index (χ0) is 24.0. The number of hydrogen-bond donors (Lipinski definition) is 2. The van der Waals surface area contributed by atoms with Crippen molar-refractivity contribution in [2.75, 3.05) is 24.6 Å². The van der Waals surface area contributed by atoms with Gasteiger partial charge in [-0.25, -0.2) is 13.1 Å². The zero-order valence-corrected chi connectivity index (χ0v) is 20.4. The highest BCUT2D eigenvalue weighted by Crippen LogP contribution is 2.40. The van der Waals surface area contributed by atoms with Crippen molar-refractivity contribution in [1.29, 1.82) is 0 Å². The van der Waals surface area contributed by atoms with Crippen molar-refractivity contribution in [3.05, 3.63) is 11.9 Å². The summed E-state index contributed by atoms with van der Waals surface area (Å²) in [6, 6.07) is -1.47. The van der Waals surface area contributed by atoms with E-state index in [1.807, 2.05) is 27.0 Å². The molecule has 1 aromatic heterocycles. The first-order valence-corrected chi connectivity index (χ1v) is 13.6. The van der Waals surface area contributed by atoms with E-state index in [2.05, 4.69) is 15.6 Å². The van der Waals surface area contributed by atoms with E-state index >= 15 is 0 Å². The quantitative estimate of drug-likeness (QED) is 0.609. The molecule has 2 aliphatic heterocycles. The third kappa shape index (κ3) is 5.56. The number of carbonyl (C=O) groups excluding carboxylic acids is 2. The fourth-order valence-corrected chi connectivity index (χ4v) is 6.74. The minimum atomic E-state index is -3.06. The number of aromatic nitrogens is 3. The van der Waals surface area contributed by atoms with Crippen molar-refractivity contribution in [3.8, 4) is 0 Å².